The highest BCUT2D eigenvalue weighted by molar-refractivity contribution is 5.98. The molecule has 142 valence electrons. The van der Waals surface area contributed by atoms with Crippen LogP contribution < -0.4 is 10.1 Å². The number of benzene rings is 1. The van der Waals surface area contributed by atoms with Crippen molar-refractivity contribution >= 4 is 17.7 Å². The van der Waals surface area contributed by atoms with E-state index in [1.54, 1.807) is 0 Å². The van der Waals surface area contributed by atoms with Crippen molar-refractivity contribution in [2.24, 2.45) is 0 Å². The maximum absolute atomic E-state index is 13.7. The fraction of sp³-hybridized carbons (Fsp3) is 0.526. The summed E-state index contributed by atoms with van der Waals surface area (Å²) in [7, 11) is 1.33. The monoisotopic (exact) mass is 365 g/mol. The number of ether oxygens (including phenoxy) is 1. The summed E-state index contributed by atoms with van der Waals surface area (Å²) in [6.07, 6.45) is 3.93. The second-order valence-electron chi connectivity index (χ2n) is 6.62. The zero-order valence-electron chi connectivity index (χ0n) is 14.8. The van der Waals surface area contributed by atoms with Gasteiger partial charge in [0.15, 0.2) is 17.3 Å². The van der Waals surface area contributed by atoms with Gasteiger partial charge in [-0.05, 0) is 31.0 Å². The van der Waals surface area contributed by atoms with Gasteiger partial charge < -0.3 is 15.2 Å². The Kier molecular flexibility index (Phi) is 6.71. The van der Waals surface area contributed by atoms with Crippen molar-refractivity contribution in [3.8, 4) is 5.75 Å². The molecule has 0 heterocycles. The third-order valence-electron chi connectivity index (χ3n) is 4.80. The molecule has 0 aromatic heterocycles. The van der Waals surface area contributed by atoms with Gasteiger partial charge >= 0.3 is 5.97 Å². The van der Waals surface area contributed by atoms with Crippen molar-refractivity contribution in [1.82, 2.24) is 5.32 Å². The Morgan fingerprint density at radius 1 is 1.15 bits per heavy atom. The van der Waals surface area contributed by atoms with Crippen LogP contribution in [0.5, 0.6) is 5.75 Å². The zero-order valence-corrected chi connectivity index (χ0v) is 14.8. The highest BCUT2D eigenvalue weighted by Crippen LogP contribution is 2.28. The molecule has 0 bridgehead atoms. The van der Waals surface area contributed by atoms with Crippen LogP contribution in [0.25, 0.3) is 0 Å². The van der Waals surface area contributed by atoms with Gasteiger partial charge in [0.05, 0.1) is 7.11 Å². The van der Waals surface area contributed by atoms with Gasteiger partial charge in [0, 0.05) is 18.4 Å². The van der Waals surface area contributed by atoms with E-state index in [1.165, 1.54) is 19.2 Å². The summed E-state index contributed by atoms with van der Waals surface area (Å²) in [5.74, 6) is -2.50. The van der Waals surface area contributed by atoms with E-state index in [0.29, 0.717) is 12.8 Å². The molecule has 26 heavy (non-hydrogen) atoms. The van der Waals surface area contributed by atoms with Crippen LogP contribution in [0.2, 0.25) is 0 Å². The molecule has 1 saturated carbocycles. The number of aliphatic carboxylic acids is 1. The number of carboxylic acids is 1. The molecule has 0 saturated heterocycles. The summed E-state index contributed by atoms with van der Waals surface area (Å²) in [5, 5.41) is 12.2. The SMILES string of the molecule is COc1ccc(C(=O)CCC(=O)NC2(C(=O)O)CCCCCC2)cc1F. The van der Waals surface area contributed by atoms with Crippen LogP contribution in [-0.4, -0.2) is 35.4 Å². The lowest BCUT2D eigenvalue weighted by Crippen LogP contribution is -2.54. The third kappa shape index (κ3) is 4.80. The highest BCUT2D eigenvalue weighted by Gasteiger charge is 2.39. The number of methoxy groups -OCH3 is 1. The average molecular weight is 365 g/mol. The minimum atomic E-state index is -1.25. The van der Waals surface area contributed by atoms with Gasteiger partial charge in [-0.2, -0.15) is 0 Å². The first-order valence-electron chi connectivity index (χ1n) is 8.79. The fourth-order valence-electron chi connectivity index (χ4n) is 3.27. The minimum absolute atomic E-state index is 0.0380. The molecule has 1 aliphatic rings. The van der Waals surface area contributed by atoms with E-state index in [4.69, 9.17) is 4.74 Å². The van der Waals surface area contributed by atoms with E-state index in [2.05, 4.69) is 5.32 Å². The van der Waals surface area contributed by atoms with E-state index < -0.39 is 23.2 Å². The minimum Gasteiger partial charge on any atom is -0.494 e. The number of carbonyl (C=O) groups excluding carboxylic acids is 2. The topological polar surface area (TPSA) is 92.7 Å². The molecule has 1 aromatic carbocycles. The number of carbonyl (C=O) groups is 3. The normalized spacial score (nSPS) is 16.4. The Hall–Kier alpha value is -2.44. The maximum atomic E-state index is 13.7. The molecular formula is C19H24FNO5. The van der Waals surface area contributed by atoms with E-state index in [1.807, 2.05) is 0 Å². The quantitative estimate of drug-likeness (QED) is 0.572. The first-order chi connectivity index (χ1) is 12.4. The summed E-state index contributed by atoms with van der Waals surface area (Å²) in [4.78, 5) is 36.1. The van der Waals surface area contributed by atoms with E-state index in [-0.39, 0.29) is 29.9 Å². The molecule has 2 N–H and O–H groups in total. The molecule has 0 aliphatic heterocycles. The number of Topliss-reactive ketones (excluding diaryl/α,β-unsaturated/α-hetero) is 1. The molecule has 6 nitrogen and oxygen atoms in total. The van der Waals surface area contributed by atoms with Crippen LogP contribution in [-0.2, 0) is 9.59 Å². The van der Waals surface area contributed by atoms with E-state index in [9.17, 15) is 23.9 Å². The Balaban J connectivity index is 1.95. The zero-order chi connectivity index (χ0) is 19.2. The Morgan fingerprint density at radius 2 is 1.81 bits per heavy atom. The average Bonchev–Trinajstić information content (AvgIpc) is 2.86. The number of ketones is 1. The van der Waals surface area contributed by atoms with Crippen LogP contribution in [0.4, 0.5) is 4.39 Å². The third-order valence-corrected chi connectivity index (χ3v) is 4.80. The second kappa shape index (κ2) is 8.78. The number of amides is 1. The van der Waals surface area contributed by atoms with Gasteiger partial charge in [0.25, 0.3) is 0 Å². The summed E-state index contributed by atoms with van der Waals surface area (Å²) in [6, 6.07) is 3.86. The smallest absolute Gasteiger partial charge is 0.329 e. The molecule has 0 radical (unpaired) electrons. The van der Waals surface area contributed by atoms with Crippen LogP contribution in [0.15, 0.2) is 18.2 Å². The van der Waals surface area contributed by atoms with Crippen molar-refractivity contribution in [2.45, 2.75) is 56.9 Å². The Morgan fingerprint density at radius 3 is 2.35 bits per heavy atom. The van der Waals surface area contributed by atoms with Crippen molar-refractivity contribution in [3.05, 3.63) is 29.6 Å². The first-order valence-corrected chi connectivity index (χ1v) is 8.79. The fourth-order valence-corrected chi connectivity index (χ4v) is 3.27. The first kappa shape index (κ1) is 19.9. The molecule has 7 heteroatoms. The molecule has 1 aromatic rings. The number of rotatable bonds is 7. The van der Waals surface area contributed by atoms with Crippen LogP contribution in [0.1, 0.15) is 61.7 Å². The van der Waals surface area contributed by atoms with E-state index in [0.717, 1.165) is 31.7 Å². The Labute approximate surface area is 151 Å². The second-order valence-corrected chi connectivity index (χ2v) is 6.62. The molecule has 0 spiro atoms. The van der Waals surface area contributed by atoms with Crippen LogP contribution in [0, 0.1) is 5.82 Å². The predicted octanol–water partition coefficient (Wildman–Crippen LogP) is 3.09. The molecule has 0 unspecified atom stereocenters. The molecule has 2 rings (SSSR count). The van der Waals surface area contributed by atoms with Gasteiger partial charge in [0.2, 0.25) is 5.91 Å². The Bertz CT molecular complexity index is 681. The van der Waals surface area contributed by atoms with Crippen molar-refractivity contribution in [2.75, 3.05) is 7.11 Å². The molecule has 0 atom stereocenters. The number of nitrogens with one attached hydrogen (secondary N) is 1. The van der Waals surface area contributed by atoms with Gasteiger partial charge in [-0.1, -0.05) is 25.7 Å². The standard InChI is InChI=1S/C19H24FNO5/c1-26-16-8-6-13(12-14(16)20)15(22)7-9-17(23)21-19(18(24)25)10-4-2-3-5-11-19/h6,8,12H,2-5,7,9-11H2,1H3,(H,21,23)(H,24,25). The summed E-state index contributed by atoms with van der Waals surface area (Å²) < 4.78 is 18.5. The summed E-state index contributed by atoms with van der Waals surface area (Å²) >= 11 is 0. The van der Waals surface area contributed by atoms with Crippen molar-refractivity contribution in [1.29, 1.82) is 0 Å². The van der Waals surface area contributed by atoms with Crippen LogP contribution in [0.3, 0.4) is 0 Å². The lowest BCUT2D eigenvalue weighted by molar-refractivity contribution is -0.148. The molecule has 1 fully saturated rings. The lowest BCUT2D eigenvalue weighted by Gasteiger charge is -2.29. The summed E-state index contributed by atoms with van der Waals surface area (Å²) in [6.45, 7) is 0. The number of halogens is 1. The predicted molar refractivity (Wildman–Crippen MR) is 92.7 cm³/mol. The number of carboxylic acid groups (broad SMARTS) is 1. The van der Waals surface area contributed by atoms with Crippen molar-refractivity contribution < 1.29 is 28.6 Å². The largest absolute Gasteiger partial charge is 0.494 e. The lowest BCUT2D eigenvalue weighted by atomic mass is 9.90. The number of hydrogen-bond acceptors (Lipinski definition) is 4. The summed E-state index contributed by atoms with van der Waals surface area (Å²) in [5.41, 5.74) is -1.10. The van der Waals surface area contributed by atoms with Gasteiger partial charge in [-0.25, -0.2) is 9.18 Å². The number of hydrogen-bond donors (Lipinski definition) is 2. The van der Waals surface area contributed by atoms with Crippen molar-refractivity contribution in [3.63, 3.8) is 0 Å². The molecular weight excluding hydrogens is 341 g/mol. The molecule has 1 amide bonds. The van der Waals surface area contributed by atoms with Gasteiger partial charge in [0.1, 0.15) is 5.54 Å². The van der Waals surface area contributed by atoms with Gasteiger partial charge in [-0.3, -0.25) is 9.59 Å². The van der Waals surface area contributed by atoms with Gasteiger partial charge in [-0.15, -0.1) is 0 Å². The highest BCUT2D eigenvalue weighted by atomic mass is 19.1. The van der Waals surface area contributed by atoms with Crippen LogP contribution >= 0.6 is 0 Å². The molecule has 1 aliphatic carbocycles. The maximum Gasteiger partial charge on any atom is 0.329 e. The van der Waals surface area contributed by atoms with E-state index >= 15 is 0 Å².